The predicted molar refractivity (Wildman–Crippen MR) is 84.2 cm³/mol. The Morgan fingerprint density at radius 1 is 1.14 bits per heavy atom. The van der Waals surface area contributed by atoms with Crippen molar-refractivity contribution in [1.82, 2.24) is 0 Å². The third kappa shape index (κ3) is 4.71. The maximum Gasteiger partial charge on any atom is 0.358 e. The molecule has 1 unspecified atom stereocenters. The Hall–Kier alpha value is -1.07. The Balaban J connectivity index is 2.11. The van der Waals surface area contributed by atoms with Gasteiger partial charge in [-0.15, -0.1) is 11.6 Å². The van der Waals surface area contributed by atoms with E-state index in [1.807, 2.05) is 6.92 Å². The minimum atomic E-state index is -3.87. The van der Waals surface area contributed by atoms with Gasteiger partial charge >= 0.3 is 10.1 Å². The number of rotatable bonds is 3. The van der Waals surface area contributed by atoms with Crippen molar-refractivity contribution in [2.45, 2.75) is 55.7 Å². The van der Waals surface area contributed by atoms with E-state index in [1.165, 1.54) is 18.6 Å². The van der Waals surface area contributed by atoms with Crippen LogP contribution in [-0.2, 0) is 14.4 Å². The molecule has 0 radical (unpaired) electrons. The van der Waals surface area contributed by atoms with E-state index in [9.17, 15) is 8.42 Å². The van der Waals surface area contributed by atoms with Crippen LogP contribution in [0.1, 0.15) is 44.1 Å². The van der Waals surface area contributed by atoms with Crippen molar-refractivity contribution in [3.8, 4) is 0 Å². The summed E-state index contributed by atoms with van der Waals surface area (Å²) in [7, 11) is -3.87. The lowest BCUT2D eigenvalue weighted by atomic mass is 9.99. The molecule has 0 saturated heterocycles. The third-order valence-corrected chi connectivity index (χ3v) is 5.15. The van der Waals surface area contributed by atoms with Gasteiger partial charge in [-0.2, -0.15) is 8.42 Å². The van der Waals surface area contributed by atoms with Gasteiger partial charge in [-0.05, 0) is 38.3 Å². The van der Waals surface area contributed by atoms with Gasteiger partial charge in [-0.1, -0.05) is 42.1 Å². The molecule has 6 heteroatoms. The van der Waals surface area contributed by atoms with Crippen molar-refractivity contribution in [3.63, 3.8) is 0 Å². The van der Waals surface area contributed by atoms with E-state index in [0.29, 0.717) is 12.1 Å². The Bertz CT molecular complexity index is 596. The summed E-state index contributed by atoms with van der Waals surface area (Å²) in [5, 5.41) is 3.60. The number of aryl methyl sites for hydroxylation is 1. The number of benzene rings is 1. The fourth-order valence-corrected chi connectivity index (χ4v) is 3.31. The molecule has 1 saturated carbocycles. The summed E-state index contributed by atoms with van der Waals surface area (Å²) in [6.45, 7) is 1.89. The molecule has 0 N–H and O–H groups in total. The number of nitrogens with zero attached hydrogens (tertiary/aromatic N) is 1. The molecule has 1 fully saturated rings. The topological polar surface area (TPSA) is 55.7 Å². The average Bonchev–Trinajstić information content (AvgIpc) is 2.43. The quantitative estimate of drug-likeness (QED) is 0.621. The molecule has 0 bridgehead atoms. The average molecular weight is 330 g/mol. The molecule has 21 heavy (non-hydrogen) atoms. The summed E-state index contributed by atoms with van der Waals surface area (Å²) in [6.07, 6.45) is 5.80. The zero-order valence-corrected chi connectivity index (χ0v) is 13.7. The van der Waals surface area contributed by atoms with E-state index in [1.54, 1.807) is 12.1 Å². The SMILES string of the molecule is Cc1ccc(S(=O)(=O)O/N=C2\CCCCCCC2Cl)cc1. The van der Waals surface area contributed by atoms with Gasteiger partial charge in [-0.25, -0.2) is 0 Å². The lowest BCUT2D eigenvalue weighted by molar-refractivity contribution is 0.335. The number of hydrogen-bond acceptors (Lipinski definition) is 4. The van der Waals surface area contributed by atoms with Crippen LogP contribution in [0.15, 0.2) is 34.3 Å². The molecule has 0 aliphatic heterocycles. The second kappa shape index (κ2) is 7.27. The molecule has 1 atom stereocenters. The molecule has 116 valence electrons. The van der Waals surface area contributed by atoms with Crippen LogP contribution < -0.4 is 0 Å². The Morgan fingerprint density at radius 3 is 2.52 bits per heavy atom. The highest BCUT2D eigenvalue weighted by Gasteiger charge is 2.19. The van der Waals surface area contributed by atoms with Gasteiger partial charge in [0.15, 0.2) is 0 Å². The number of hydrogen-bond donors (Lipinski definition) is 0. The molecule has 1 aromatic carbocycles. The van der Waals surface area contributed by atoms with Crippen molar-refractivity contribution in [1.29, 1.82) is 0 Å². The van der Waals surface area contributed by atoms with Crippen molar-refractivity contribution >= 4 is 27.4 Å². The van der Waals surface area contributed by atoms with Gasteiger partial charge in [-0.3, -0.25) is 4.28 Å². The molecule has 1 aliphatic rings. The zero-order valence-electron chi connectivity index (χ0n) is 12.1. The third-order valence-electron chi connectivity index (χ3n) is 3.56. The molecule has 0 spiro atoms. The first-order valence-electron chi connectivity index (χ1n) is 7.20. The maximum atomic E-state index is 12.1. The molecule has 0 aromatic heterocycles. The lowest BCUT2D eigenvalue weighted by Crippen LogP contribution is -2.18. The Labute approximate surface area is 131 Å². The second-order valence-electron chi connectivity index (χ2n) is 5.34. The van der Waals surface area contributed by atoms with Crippen LogP contribution in [0.5, 0.6) is 0 Å². The monoisotopic (exact) mass is 329 g/mol. The standard InChI is InChI=1S/C15H20ClNO3S/c1-12-8-10-13(11-9-12)21(18,19)20-17-15-7-5-3-2-4-6-14(15)16/h8-11,14H,2-7H2,1H3/b17-15+. The van der Waals surface area contributed by atoms with Crippen LogP contribution in [0.3, 0.4) is 0 Å². The summed E-state index contributed by atoms with van der Waals surface area (Å²) in [4.78, 5) is 0.106. The summed E-state index contributed by atoms with van der Waals surface area (Å²) in [5.41, 5.74) is 1.62. The van der Waals surface area contributed by atoms with E-state index in [4.69, 9.17) is 15.9 Å². The fourth-order valence-electron chi connectivity index (χ4n) is 2.25. The van der Waals surface area contributed by atoms with Crippen molar-refractivity contribution in [3.05, 3.63) is 29.8 Å². The second-order valence-corrected chi connectivity index (χ2v) is 7.40. The normalized spacial score (nSPS) is 22.6. The number of alkyl halides is 1. The summed E-state index contributed by atoms with van der Waals surface area (Å²) in [6, 6.07) is 6.48. The van der Waals surface area contributed by atoms with Crippen molar-refractivity contribution in [2.75, 3.05) is 0 Å². The van der Waals surface area contributed by atoms with E-state index in [0.717, 1.165) is 31.2 Å². The Kier molecular flexibility index (Phi) is 5.65. The molecule has 0 heterocycles. The molecule has 0 amide bonds. The number of halogens is 1. The lowest BCUT2D eigenvalue weighted by Gasteiger charge is -2.15. The maximum absolute atomic E-state index is 12.1. The predicted octanol–water partition coefficient (Wildman–Crippen LogP) is 4.02. The van der Waals surface area contributed by atoms with Crippen LogP contribution in [0.2, 0.25) is 0 Å². The van der Waals surface area contributed by atoms with Crippen LogP contribution in [0.25, 0.3) is 0 Å². The minimum absolute atomic E-state index is 0.106. The van der Waals surface area contributed by atoms with Gasteiger partial charge in [0.2, 0.25) is 0 Å². The van der Waals surface area contributed by atoms with E-state index in [-0.39, 0.29) is 10.3 Å². The highest BCUT2D eigenvalue weighted by molar-refractivity contribution is 7.86. The molecular weight excluding hydrogens is 310 g/mol. The first kappa shape index (κ1) is 16.3. The van der Waals surface area contributed by atoms with Gasteiger partial charge in [0.25, 0.3) is 0 Å². The Morgan fingerprint density at radius 2 is 1.81 bits per heavy atom. The summed E-state index contributed by atoms with van der Waals surface area (Å²) in [5.74, 6) is 0. The van der Waals surface area contributed by atoms with Crippen LogP contribution in [-0.4, -0.2) is 19.5 Å². The minimum Gasteiger partial charge on any atom is -0.265 e. The van der Waals surface area contributed by atoms with Crippen molar-refractivity contribution in [2.24, 2.45) is 5.16 Å². The first-order chi connectivity index (χ1) is 9.99. The fraction of sp³-hybridized carbons (Fsp3) is 0.533. The van der Waals surface area contributed by atoms with Crippen LogP contribution >= 0.6 is 11.6 Å². The zero-order chi connectivity index (χ0) is 15.3. The van der Waals surface area contributed by atoms with Gasteiger partial charge in [0.1, 0.15) is 4.90 Å². The van der Waals surface area contributed by atoms with Crippen LogP contribution in [0.4, 0.5) is 0 Å². The number of oxime groups is 1. The highest BCUT2D eigenvalue weighted by Crippen LogP contribution is 2.21. The van der Waals surface area contributed by atoms with Gasteiger partial charge < -0.3 is 0 Å². The van der Waals surface area contributed by atoms with Gasteiger partial charge in [0.05, 0.1) is 11.1 Å². The highest BCUT2D eigenvalue weighted by atomic mass is 35.5. The van der Waals surface area contributed by atoms with E-state index >= 15 is 0 Å². The van der Waals surface area contributed by atoms with Gasteiger partial charge in [0, 0.05) is 0 Å². The first-order valence-corrected chi connectivity index (χ1v) is 9.05. The molecule has 2 rings (SSSR count). The van der Waals surface area contributed by atoms with E-state index in [2.05, 4.69) is 5.16 Å². The summed E-state index contributed by atoms with van der Waals surface area (Å²) >= 11 is 6.25. The van der Waals surface area contributed by atoms with E-state index < -0.39 is 10.1 Å². The van der Waals surface area contributed by atoms with Crippen LogP contribution in [0, 0.1) is 6.92 Å². The largest absolute Gasteiger partial charge is 0.358 e. The smallest absolute Gasteiger partial charge is 0.265 e. The molecule has 4 nitrogen and oxygen atoms in total. The summed E-state index contributed by atoms with van der Waals surface area (Å²) < 4.78 is 29.0. The molecule has 1 aromatic rings. The van der Waals surface area contributed by atoms with Crippen molar-refractivity contribution < 1.29 is 12.7 Å². The molecular formula is C15H20ClNO3S. The molecule has 1 aliphatic carbocycles.